The van der Waals surface area contributed by atoms with E-state index in [1.807, 2.05) is 0 Å². The number of ether oxygens (including phenoxy) is 3. The molecule has 218 valence electrons. The van der Waals surface area contributed by atoms with Gasteiger partial charge in [0.15, 0.2) is 12.1 Å². The van der Waals surface area contributed by atoms with Gasteiger partial charge in [0.1, 0.15) is 23.4 Å². The zero-order valence-electron chi connectivity index (χ0n) is 21.7. The number of rotatable bonds is 5. The van der Waals surface area contributed by atoms with Gasteiger partial charge in [-0.15, -0.1) is 12.4 Å². The van der Waals surface area contributed by atoms with Crippen LogP contribution in [0.2, 0.25) is 0 Å². The van der Waals surface area contributed by atoms with Crippen LogP contribution >= 0.6 is 12.4 Å². The topological polar surface area (TPSA) is 209 Å². The van der Waals surface area contributed by atoms with Gasteiger partial charge in [-0.2, -0.15) is 0 Å². The molecule has 1 saturated heterocycles. The second-order valence-electron chi connectivity index (χ2n) is 10.3. The Hall–Kier alpha value is -2.81. The number of halogens is 1. The first-order valence-electron chi connectivity index (χ1n) is 12.6. The number of carbonyl (C=O) groups excluding carboxylic acids is 2. The van der Waals surface area contributed by atoms with Crippen molar-refractivity contribution in [2.45, 2.75) is 68.5 Å². The van der Waals surface area contributed by atoms with Crippen LogP contribution in [-0.4, -0.2) is 92.2 Å². The van der Waals surface area contributed by atoms with Crippen LogP contribution in [0.1, 0.15) is 68.8 Å². The van der Waals surface area contributed by atoms with Crippen molar-refractivity contribution in [2.75, 3.05) is 13.7 Å². The molecule has 8 N–H and O–H groups in total. The monoisotopic (exact) mass is 581 g/mol. The number of ketones is 2. The second kappa shape index (κ2) is 10.9. The number of hydrogen-bond donors (Lipinski definition) is 7. The number of aromatic hydroxyl groups is 2. The Labute approximate surface area is 235 Å². The highest BCUT2D eigenvalue weighted by atomic mass is 35.5. The van der Waals surface area contributed by atoms with Gasteiger partial charge in [0.2, 0.25) is 5.78 Å². The fourth-order valence-electron chi connectivity index (χ4n) is 5.84. The smallest absolute Gasteiger partial charge is 0.202 e. The summed E-state index contributed by atoms with van der Waals surface area (Å²) in [5.74, 6) is -2.68. The van der Waals surface area contributed by atoms with Crippen molar-refractivity contribution in [1.82, 2.24) is 0 Å². The molecule has 1 aliphatic heterocycles. The van der Waals surface area contributed by atoms with Crippen molar-refractivity contribution in [1.29, 1.82) is 0 Å². The van der Waals surface area contributed by atoms with Gasteiger partial charge in [-0.05, 0) is 13.0 Å². The number of aliphatic hydroxyl groups excluding tert-OH is 3. The third-order valence-electron chi connectivity index (χ3n) is 7.97. The van der Waals surface area contributed by atoms with Gasteiger partial charge in [0.25, 0.3) is 0 Å². The molecule has 0 spiro atoms. The molecule has 0 aromatic heterocycles. The Kier molecular flexibility index (Phi) is 8.20. The second-order valence-corrected chi connectivity index (χ2v) is 10.3. The maximum Gasteiger partial charge on any atom is 0.202 e. The summed E-state index contributed by atoms with van der Waals surface area (Å²) in [4.78, 5) is 27.2. The van der Waals surface area contributed by atoms with Gasteiger partial charge in [-0.25, -0.2) is 0 Å². The number of carbonyl (C=O) groups is 2. The van der Waals surface area contributed by atoms with E-state index < -0.39 is 89.6 Å². The lowest BCUT2D eigenvalue weighted by Crippen LogP contribution is -2.53. The minimum Gasteiger partial charge on any atom is -0.507 e. The Morgan fingerprint density at radius 3 is 2.45 bits per heavy atom. The summed E-state index contributed by atoms with van der Waals surface area (Å²) in [7, 11) is 1.33. The van der Waals surface area contributed by atoms with Crippen molar-refractivity contribution in [3.8, 4) is 17.2 Å². The fourth-order valence-corrected chi connectivity index (χ4v) is 5.84. The summed E-state index contributed by atoms with van der Waals surface area (Å²) in [5, 5.41) is 64.4. The van der Waals surface area contributed by atoms with Gasteiger partial charge in [0, 0.05) is 42.0 Å². The van der Waals surface area contributed by atoms with E-state index in [1.54, 1.807) is 6.92 Å². The Morgan fingerprint density at radius 1 is 1.15 bits per heavy atom. The number of hydrogen-bond acceptors (Lipinski definition) is 12. The molecule has 3 aliphatic rings. The molecule has 2 aliphatic carbocycles. The minimum atomic E-state index is -2.05. The van der Waals surface area contributed by atoms with E-state index in [0.717, 1.165) is 0 Å². The zero-order chi connectivity index (χ0) is 28.4. The number of fused-ring (bicyclic) bond motifs is 3. The average Bonchev–Trinajstić information content (AvgIpc) is 2.90. The van der Waals surface area contributed by atoms with E-state index in [9.17, 15) is 40.2 Å². The number of benzene rings is 2. The quantitative estimate of drug-likeness (QED) is 0.202. The Morgan fingerprint density at radius 2 is 1.82 bits per heavy atom. The number of phenols is 2. The van der Waals surface area contributed by atoms with E-state index in [0.29, 0.717) is 0 Å². The maximum atomic E-state index is 13.7. The van der Waals surface area contributed by atoms with E-state index in [-0.39, 0.29) is 53.3 Å². The molecule has 13 heteroatoms. The SMILES string of the molecule is COc1cccc2c1C(=O)c1c(O)c3c(c(O)c1C2=O)C[C@@](O)(C(O)CO)C[C@@H]3OC1CC(N)C(O)C(C)O1.Cl. The summed E-state index contributed by atoms with van der Waals surface area (Å²) < 4.78 is 17.1. The molecule has 0 saturated carbocycles. The van der Waals surface area contributed by atoms with E-state index >= 15 is 0 Å². The summed E-state index contributed by atoms with van der Waals surface area (Å²) >= 11 is 0. The van der Waals surface area contributed by atoms with Crippen LogP contribution in [0.25, 0.3) is 0 Å². The van der Waals surface area contributed by atoms with Gasteiger partial charge in [0.05, 0.1) is 54.3 Å². The summed E-state index contributed by atoms with van der Waals surface area (Å²) in [6.07, 6.45) is -6.45. The van der Waals surface area contributed by atoms with Crippen molar-refractivity contribution < 1.29 is 54.4 Å². The lowest BCUT2D eigenvalue weighted by atomic mass is 9.71. The van der Waals surface area contributed by atoms with Crippen LogP contribution in [0, 0.1) is 0 Å². The van der Waals surface area contributed by atoms with E-state index in [1.165, 1.54) is 25.3 Å². The number of methoxy groups -OCH3 is 1. The molecule has 5 rings (SSSR count). The lowest BCUT2D eigenvalue weighted by molar-refractivity contribution is -0.251. The van der Waals surface area contributed by atoms with Gasteiger partial charge in [-0.1, -0.05) is 12.1 Å². The molecule has 1 fully saturated rings. The summed E-state index contributed by atoms with van der Waals surface area (Å²) in [6.45, 7) is 0.768. The maximum absolute atomic E-state index is 13.7. The first kappa shape index (κ1) is 30.2. The molecular formula is C27H32ClNO11. The molecule has 40 heavy (non-hydrogen) atoms. The van der Waals surface area contributed by atoms with E-state index in [2.05, 4.69) is 0 Å². The van der Waals surface area contributed by atoms with Crippen molar-refractivity contribution in [3.05, 3.63) is 51.6 Å². The molecule has 0 bridgehead atoms. The molecule has 0 radical (unpaired) electrons. The lowest BCUT2D eigenvalue weighted by Gasteiger charge is -2.44. The van der Waals surface area contributed by atoms with Crippen molar-refractivity contribution in [3.63, 3.8) is 0 Å². The molecule has 0 amide bonds. The van der Waals surface area contributed by atoms with Crippen LogP contribution in [0.4, 0.5) is 0 Å². The molecule has 5 unspecified atom stereocenters. The summed E-state index contributed by atoms with van der Waals surface area (Å²) in [5.41, 5.74) is 2.77. The highest BCUT2D eigenvalue weighted by Crippen LogP contribution is 2.52. The average molecular weight is 582 g/mol. The first-order chi connectivity index (χ1) is 18.4. The predicted octanol–water partition coefficient (Wildman–Crippen LogP) is 0.215. The largest absolute Gasteiger partial charge is 0.507 e. The van der Waals surface area contributed by atoms with Crippen LogP contribution < -0.4 is 10.5 Å². The van der Waals surface area contributed by atoms with Crippen LogP contribution in [0.15, 0.2) is 18.2 Å². The van der Waals surface area contributed by atoms with Gasteiger partial charge < -0.3 is 50.6 Å². The standard InChI is InChI=1S/C27H31NO11.ClH/c1-10-22(31)13(28)6-17(38-10)39-15-8-27(36,16(30)9-29)7-12-19(15)26(35)21-20(24(12)33)23(32)11-4-3-5-14(37-2)18(11)25(21)34;/h3-5,10,13,15-17,22,29-31,33,35-36H,6-9,28H2,1-2H3;1H/t10?,13?,15-,16?,17?,22?,27-;/m0./s1. The molecule has 1 heterocycles. The van der Waals surface area contributed by atoms with Gasteiger partial charge in [-0.3, -0.25) is 9.59 Å². The normalized spacial score (nSPS) is 30.0. The summed E-state index contributed by atoms with van der Waals surface area (Å²) in [6, 6.07) is 3.69. The number of phenolic OH excluding ortho intramolecular Hbond substituents is 2. The first-order valence-corrected chi connectivity index (χ1v) is 12.6. The zero-order valence-corrected chi connectivity index (χ0v) is 22.6. The van der Waals surface area contributed by atoms with Crippen LogP contribution in [0.3, 0.4) is 0 Å². The third-order valence-corrected chi connectivity index (χ3v) is 7.97. The Bertz CT molecular complexity index is 1340. The molecule has 2 aromatic rings. The Balaban J connectivity index is 0.00000370. The minimum absolute atomic E-state index is 0. The molecule has 12 nitrogen and oxygen atoms in total. The molecule has 2 aromatic carbocycles. The molecule has 7 atom stereocenters. The van der Waals surface area contributed by atoms with Crippen LogP contribution in [0.5, 0.6) is 17.2 Å². The highest BCUT2D eigenvalue weighted by molar-refractivity contribution is 6.31. The predicted molar refractivity (Wildman–Crippen MR) is 140 cm³/mol. The number of aliphatic hydroxyl groups is 4. The van der Waals surface area contributed by atoms with Crippen LogP contribution in [-0.2, 0) is 15.9 Å². The van der Waals surface area contributed by atoms with Crippen molar-refractivity contribution >= 4 is 24.0 Å². The van der Waals surface area contributed by atoms with E-state index in [4.69, 9.17) is 19.9 Å². The highest BCUT2D eigenvalue weighted by Gasteiger charge is 2.50. The molecular weight excluding hydrogens is 550 g/mol. The van der Waals surface area contributed by atoms with Crippen molar-refractivity contribution in [2.24, 2.45) is 5.73 Å². The third kappa shape index (κ3) is 4.54. The van der Waals surface area contributed by atoms with Gasteiger partial charge >= 0.3 is 0 Å². The fraction of sp³-hybridized carbons (Fsp3) is 0.481. The number of nitrogens with two attached hydrogens (primary N) is 1.